The molecule has 6 atom stereocenters. The minimum atomic E-state index is 0.210. The maximum absolute atomic E-state index is 7.20. The fourth-order valence-corrected chi connectivity index (χ4v) is 5.88. The fraction of sp³-hybridized carbons (Fsp3) is 0.571. The number of ether oxygens (including phenoxy) is 1. The van der Waals surface area contributed by atoms with Crippen LogP contribution in [-0.4, -0.2) is 0 Å². The monoisotopic (exact) mass is 390 g/mol. The van der Waals surface area contributed by atoms with Gasteiger partial charge in [0.25, 0.3) is 0 Å². The largest absolute Gasteiger partial charge is 0.365 e. The van der Waals surface area contributed by atoms with Crippen LogP contribution in [0.5, 0.6) is 0 Å². The van der Waals surface area contributed by atoms with Crippen LogP contribution in [0.1, 0.15) is 88.5 Å². The Labute approximate surface area is 177 Å². The molecule has 2 aromatic rings. The lowest BCUT2D eigenvalue weighted by Gasteiger charge is -2.40. The van der Waals surface area contributed by atoms with Gasteiger partial charge in [-0.3, -0.25) is 0 Å². The molecule has 0 amide bonds. The second-order valence-corrected chi connectivity index (χ2v) is 9.86. The molecule has 0 heterocycles. The number of benzene rings is 2. The molecule has 2 fully saturated rings. The Morgan fingerprint density at radius 1 is 0.621 bits per heavy atom. The summed E-state index contributed by atoms with van der Waals surface area (Å²) in [5.41, 5.74) is 2.74. The van der Waals surface area contributed by atoms with E-state index in [0.29, 0.717) is 11.8 Å². The van der Waals surface area contributed by atoms with Gasteiger partial charge in [-0.1, -0.05) is 100 Å². The molecule has 156 valence electrons. The van der Waals surface area contributed by atoms with Gasteiger partial charge < -0.3 is 4.74 Å². The zero-order valence-electron chi connectivity index (χ0n) is 18.3. The van der Waals surface area contributed by atoms with Crippen molar-refractivity contribution in [1.82, 2.24) is 0 Å². The molecular weight excluding hydrogens is 352 g/mol. The third-order valence-electron chi connectivity index (χ3n) is 7.36. The molecule has 0 spiro atoms. The number of hydrogen-bond donors (Lipinski definition) is 0. The number of rotatable bonds is 6. The molecule has 2 aliphatic rings. The summed E-state index contributed by atoms with van der Waals surface area (Å²) in [6.07, 6.45) is 11.0. The highest BCUT2D eigenvalue weighted by Gasteiger charge is 2.35. The molecule has 4 rings (SSSR count). The minimum absolute atomic E-state index is 0.210. The molecular formula is C28H38O. The number of hydrogen-bond acceptors (Lipinski definition) is 1. The van der Waals surface area contributed by atoms with Gasteiger partial charge in [-0.15, -0.1) is 0 Å². The highest BCUT2D eigenvalue weighted by Crippen LogP contribution is 2.46. The summed E-state index contributed by atoms with van der Waals surface area (Å²) < 4.78 is 7.20. The normalized spacial score (nSPS) is 29.9. The minimum Gasteiger partial charge on any atom is -0.365 e. The first-order valence-corrected chi connectivity index (χ1v) is 12.0. The van der Waals surface area contributed by atoms with Gasteiger partial charge in [-0.2, -0.15) is 0 Å². The van der Waals surface area contributed by atoms with Crippen LogP contribution in [0.25, 0.3) is 0 Å². The molecule has 29 heavy (non-hydrogen) atoms. The van der Waals surface area contributed by atoms with Gasteiger partial charge in [0.15, 0.2) is 0 Å². The Hall–Kier alpha value is -1.60. The summed E-state index contributed by atoms with van der Waals surface area (Å²) in [4.78, 5) is 0. The average Bonchev–Trinajstić information content (AvgIpc) is 2.76. The van der Waals surface area contributed by atoms with E-state index in [2.05, 4.69) is 74.5 Å². The van der Waals surface area contributed by atoms with Crippen molar-refractivity contribution in [2.75, 3.05) is 0 Å². The van der Waals surface area contributed by atoms with Gasteiger partial charge in [0, 0.05) is 0 Å². The van der Waals surface area contributed by atoms with Crippen molar-refractivity contribution in [2.45, 2.75) is 77.4 Å². The maximum Gasteiger partial charge on any atom is 0.0861 e. The van der Waals surface area contributed by atoms with Crippen LogP contribution in [0.3, 0.4) is 0 Å². The molecule has 1 nitrogen and oxygen atoms in total. The summed E-state index contributed by atoms with van der Waals surface area (Å²) in [5.74, 6) is 2.89. The van der Waals surface area contributed by atoms with Crippen LogP contribution < -0.4 is 0 Å². The van der Waals surface area contributed by atoms with Crippen LogP contribution in [0.15, 0.2) is 60.7 Å². The Kier molecular flexibility index (Phi) is 7.08. The average molecular weight is 391 g/mol. The van der Waals surface area contributed by atoms with Crippen molar-refractivity contribution in [2.24, 2.45) is 23.7 Å². The van der Waals surface area contributed by atoms with Gasteiger partial charge in [0.1, 0.15) is 0 Å². The SMILES string of the molecule is CC1CCCC(C(OC(c2ccccc2)C2CCCC(C)C2)c2ccccc2)C1. The van der Waals surface area contributed by atoms with Crippen LogP contribution >= 0.6 is 0 Å². The molecule has 0 aliphatic heterocycles. The van der Waals surface area contributed by atoms with Crippen molar-refractivity contribution >= 4 is 0 Å². The standard InChI is InChI=1S/C28H38O/c1-21-11-9-17-25(19-21)27(23-13-5-3-6-14-23)29-28(24-15-7-4-8-16-24)26-18-10-12-22(2)20-26/h3-8,13-16,21-22,25-28H,9-12,17-20H2,1-2H3. The van der Waals surface area contributed by atoms with E-state index in [9.17, 15) is 0 Å². The van der Waals surface area contributed by atoms with Crippen LogP contribution in [0.4, 0.5) is 0 Å². The Balaban J connectivity index is 1.64. The van der Waals surface area contributed by atoms with Crippen LogP contribution in [-0.2, 0) is 4.74 Å². The zero-order valence-corrected chi connectivity index (χ0v) is 18.3. The van der Waals surface area contributed by atoms with Crippen LogP contribution in [0, 0.1) is 23.7 Å². The highest BCUT2D eigenvalue weighted by atomic mass is 16.5. The van der Waals surface area contributed by atoms with E-state index in [0.717, 1.165) is 11.8 Å². The lowest BCUT2D eigenvalue weighted by molar-refractivity contribution is -0.0921. The molecule has 2 saturated carbocycles. The first kappa shape index (κ1) is 20.7. The molecule has 0 bridgehead atoms. The quantitative estimate of drug-likeness (QED) is 0.483. The molecule has 0 N–H and O–H groups in total. The molecule has 2 aromatic carbocycles. The summed E-state index contributed by atoms with van der Waals surface area (Å²) in [6, 6.07) is 22.1. The lowest BCUT2D eigenvalue weighted by Crippen LogP contribution is -2.28. The van der Waals surface area contributed by atoms with Gasteiger partial charge in [0.2, 0.25) is 0 Å². The van der Waals surface area contributed by atoms with Gasteiger partial charge in [-0.25, -0.2) is 0 Å². The van der Waals surface area contributed by atoms with Gasteiger partial charge in [-0.05, 0) is 60.5 Å². The van der Waals surface area contributed by atoms with Crippen molar-refractivity contribution in [3.63, 3.8) is 0 Å². The van der Waals surface area contributed by atoms with E-state index < -0.39 is 0 Å². The molecule has 1 heteroatoms. The van der Waals surface area contributed by atoms with E-state index in [-0.39, 0.29) is 12.2 Å². The highest BCUT2D eigenvalue weighted by molar-refractivity contribution is 5.22. The second kappa shape index (κ2) is 9.94. The third-order valence-corrected chi connectivity index (χ3v) is 7.36. The first-order valence-electron chi connectivity index (χ1n) is 12.0. The van der Waals surface area contributed by atoms with Gasteiger partial charge >= 0.3 is 0 Å². The summed E-state index contributed by atoms with van der Waals surface area (Å²) >= 11 is 0. The molecule has 0 radical (unpaired) electrons. The Bertz CT molecular complexity index is 661. The Morgan fingerprint density at radius 2 is 1.03 bits per heavy atom. The van der Waals surface area contributed by atoms with E-state index in [1.165, 1.54) is 62.5 Å². The van der Waals surface area contributed by atoms with E-state index in [1.807, 2.05) is 0 Å². The summed E-state index contributed by atoms with van der Waals surface area (Å²) in [7, 11) is 0. The predicted octanol–water partition coefficient (Wildman–Crippen LogP) is 8.14. The lowest BCUT2D eigenvalue weighted by atomic mass is 9.76. The summed E-state index contributed by atoms with van der Waals surface area (Å²) in [6.45, 7) is 4.84. The van der Waals surface area contributed by atoms with Gasteiger partial charge in [0.05, 0.1) is 12.2 Å². The zero-order chi connectivity index (χ0) is 20.1. The van der Waals surface area contributed by atoms with Crippen LogP contribution in [0.2, 0.25) is 0 Å². The third kappa shape index (κ3) is 5.31. The Morgan fingerprint density at radius 3 is 1.41 bits per heavy atom. The van der Waals surface area contributed by atoms with Crippen molar-refractivity contribution in [3.05, 3.63) is 71.8 Å². The molecule has 0 aromatic heterocycles. The molecule has 0 saturated heterocycles. The molecule has 6 unspecified atom stereocenters. The second-order valence-electron chi connectivity index (χ2n) is 9.86. The van der Waals surface area contributed by atoms with Crippen molar-refractivity contribution in [3.8, 4) is 0 Å². The predicted molar refractivity (Wildman–Crippen MR) is 122 cm³/mol. The smallest absolute Gasteiger partial charge is 0.0861 e. The van der Waals surface area contributed by atoms with E-state index in [1.54, 1.807) is 0 Å². The summed E-state index contributed by atoms with van der Waals surface area (Å²) in [5, 5.41) is 0. The van der Waals surface area contributed by atoms with Crippen molar-refractivity contribution in [1.29, 1.82) is 0 Å². The fourth-order valence-electron chi connectivity index (χ4n) is 5.88. The first-order chi connectivity index (χ1) is 14.2. The molecule has 2 aliphatic carbocycles. The maximum atomic E-state index is 7.20. The topological polar surface area (TPSA) is 9.23 Å². The van der Waals surface area contributed by atoms with E-state index >= 15 is 0 Å². The van der Waals surface area contributed by atoms with Crippen molar-refractivity contribution < 1.29 is 4.74 Å². The van der Waals surface area contributed by atoms with E-state index in [4.69, 9.17) is 4.74 Å².